The van der Waals surface area contributed by atoms with Crippen molar-refractivity contribution in [3.63, 3.8) is 0 Å². The second kappa shape index (κ2) is 6.85. The van der Waals surface area contributed by atoms with Gasteiger partial charge in [-0.25, -0.2) is 0 Å². The second-order valence-corrected chi connectivity index (χ2v) is 4.51. The molecule has 0 aliphatic heterocycles. The Morgan fingerprint density at radius 3 is 2.79 bits per heavy atom. The fourth-order valence-electron chi connectivity index (χ4n) is 1.17. The lowest BCUT2D eigenvalue weighted by Crippen LogP contribution is -2.18. The fraction of sp³-hybridized carbons (Fsp3) is 0.545. The van der Waals surface area contributed by atoms with Gasteiger partial charge in [0.25, 0.3) is 0 Å². The van der Waals surface area contributed by atoms with Crippen molar-refractivity contribution >= 4 is 11.8 Å². The first kappa shape index (κ1) is 11.5. The van der Waals surface area contributed by atoms with E-state index in [-0.39, 0.29) is 0 Å². The summed E-state index contributed by atoms with van der Waals surface area (Å²) in [4.78, 5) is 5.28. The van der Waals surface area contributed by atoms with Crippen molar-refractivity contribution in [2.24, 2.45) is 5.73 Å². The summed E-state index contributed by atoms with van der Waals surface area (Å²) in [6, 6.07) is 4.47. The standard InChI is InChI=1S/C11H18N2S/c1-2-10(12)4-3-9-14-11-5-7-13-8-6-11/h5-8,10H,2-4,9,12H2,1H3. The fourth-order valence-corrected chi connectivity index (χ4v) is 2.04. The number of rotatable bonds is 6. The van der Waals surface area contributed by atoms with Crippen LogP contribution in [0.5, 0.6) is 0 Å². The highest BCUT2D eigenvalue weighted by molar-refractivity contribution is 7.99. The number of pyridine rings is 1. The molecule has 14 heavy (non-hydrogen) atoms. The summed E-state index contributed by atoms with van der Waals surface area (Å²) in [6.07, 6.45) is 7.08. The van der Waals surface area contributed by atoms with Gasteiger partial charge in [0, 0.05) is 23.3 Å². The molecule has 0 spiro atoms. The number of nitrogens with zero attached hydrogens (tertiary/aromatic N) is 1. The molecule has 1 unspecified atom stereocenters. The van der Waals surface area contributed by atoms with Crippen LogP contribution in [0.3, 0.4) is 0 Å². The lowest BCUT2D eigenvalue weighted by molar-refractivity contribution is 0.589. The van der Waals surface area contributed by atoms with Crippen LogP contribution >= 0.6 is 11.8 Å². The largest absolute Gasteiger partial charge is 0.328 e. The molecule has 1 atom stereocenters. The van der Waals surface area contributed by atoms with Crippen molar-refractivity contribution in [3.8, 4) is 0 Å². The van der Waals surface area contributed by atoms with Gasteiger partial charge in [-0.1, -0.05) is 6.92 Å². The summed E-state index contributed by atoms with van der Waals surface area (Å²) < 4.78 is 0. The van der Waals surface area contributed by atoms with Crippen molar-refractivity contribution < 1.29 is 0 Å². The molecule has 3 heteroatoms. The first-order chi connectivity index (χ1) is 6.83. The van der Waals surface area contributed by atoms with Gasteiger partial charge in [-0.15, -0.1) is 11.8 Å². The Bertz CT molecular complexity index is 238. The average Bonchev–Trinajstić information content (AvgIpc) is 2.25. The van der Waals surface area contributed by atoms with Gasteiger partial charge in [0.2, 0.25) is 0 Å². The molecule has 78 valence electrons. The highest BCUT2D eigenvalue weighted by Crippen LogP contribution is 2.18. The predicted octanol–water partition coefficient (Wildman–Crippen LogP) is 2.69. The average molecular weight is 210 g/mol. The van der Waals surface area contributed by atoms with E-state index >= 15 is 0 Å². The molecule has 1 aromatic rings. The van der Waals surface area contributed by atoms with Crippen LogP contribution in [-0.4, -0.2) is 16.8 Å². The molecule has 1 rings (SSSR count). The molecule has 0 fully saturated rings. The third kappa shape index (κ3) is 4.63. The van der Waals surface area contributed by atoms with Crippen LogP contribution < -0.4 is 5.73 Å². The second-order valence-electron chi connectivity index (χ2n) is 3.34. The van der Waals surface area contributed by atoms with E-state index in [0.717, 1.165) is 18.6 Å². The molecule has 0 aliphatic carbocycles. The topological polar surface area (TPSA) is 38.9 Å². The summed E-state index contributed by atoms with van der Waals surface area (Å²) in [7, 11) is 0. The predicted molar refractivity (Wildman–Crippen MR) is 62.5 cm³/mol. The van der Waals surface area contributed by atoms with Crippen molar-refractivity contribution in [2.75, 3.05) is 5.75 Å². The van der Waals surface area contributed by atoms with Gasteiger partial charge in [-0.05, 0) is 37.1 Å². The summed E-state index contributed by atoms with van der Waals surface area (Å²) in [5.41, 5.74) is 5.83. The maximum absolute atomic E-state index is 5.83. The minimum Gasteiger partial charge on any atom is -0.328 e. The van der Waals surface area contributed by atoms with E-state index in [0.29, 0.717) is 6.04 Å². The van der Waals surface area contributed by atoms with Crippen LogP contribution in [-0.2, 0) is 0 Å². The molecular formula is C11H18N2S. The third-order valence-corrected chi connectivity index (χ3v) is 3.26. The molecule has 0 amide bonds. The van der Waals surface area contributed by atoms with E-state index in [4.69, 9.17) is 5.73 Å². The first-order valence-corrected chi connectivity index (χ1v) is 6.10. The maximum atomic E-state index is 5.83. The van der Waals surface area contributed by atoms with Crippen molar-refractivity contribution in [1.82, 2.24) is 4.98 Å². The van der Waals surface area contributed by atoms with Crippen LogP contribution in [0.2, 0.25) is 0 Å². The lowest BCUT2D eigenvalue weighted by Gasteiger charge is -2.07. The van der Waals surface area contributed by atoms with Crippen molar-refractivity contribution in [1.29, 1.82) is 0 Å². The number of thioether (sulfide) groups is 1. The van der Waals surface area contributed by atoms with E-state index in [9.17, 15) is 0 Å². The van der Waals surface area contributed by atoms with E-state index in [2.05, 4.69) is 11.9 Å². The normalized spacial score (nSPS) is 12.7. The molecule has 2 nitrogen and oxygen atoms in total. The molecule has 0 saturated heterocycles. The van der Waals surface area contributed by atoms with Gasteiger partial charge in [-0.3, -0.25) is 4.98 Å². The summed E-state index contributed by atoms with van der Waals surface area (Å²) in [6.45, 7) is 2.14. The number of nitrogens with two attached hydrogens (primary N) is 1. The van der Waals surface area contributed by atoms with E-state index in [1.54, 1.807) is 0 Å². The van der Waals surface area contributed by atoms with Gasteiger partial charge in [0.1, 0.15) is 0 Å². The molecule has 0 radical (unpaired) electrons. The number of aromatic nitrogens is 1. The number of hydrogen-bond donors (Lipinski definition) is 1. The maximum Gasteiger partial charge on any atom is 0.0278 e. The van der Waals surface area contributed by atoms with Crippen LogP contribution in [0.4, 0.5) is 0 Å². The molecule has 1 aromatic heterocycles. The Morgan fingerprint density at radius 2 is 2.14 bits per heavy atom. The minimum atomic E-state index is 0.382. The first-order valence-electron chi connectivity index (χ1n) is 5.11. The molecule has 0 saturated carbocycles. The van der Waals surface area contributed by atoms with Gasteiger partial charge >= 0.3 is 0 Å². The Labute approximate surface area is 90.3 Å². The van der Waals surface area contributed by atoms with Crippen molar-refractivity contribution in [3.05, 3.63) is 24.5 Å². The van der Waals surface area contributed by atoms with E-state index in [1.165, 1.54) is 11.3 Å². The summed E-state index contributed by atoms with van der Waals surface area (Å²) >= 11 is 1.88. The monoisotopic (exact) mass is 210 g/mol. The van der Waals surface area contributed by atoms with Crippen LogP contribution in [0.15, 0.2) is 29.4 Å². The Morgan fingerprint density at radius 1 is 1.43 bits per heavy atom. The molecule has 2 N–H and O–H groups in total. The zero-order chi connectivity index (χ0) is 10.2. The van der Waals surface area contributed by atoms with Gasteiger partial charge < -0.3 is 5.73 Å². The molecular weight excluding hydrogens is 192 g/mol. The SMILES string of the molecule is CCC(N)CCCSc1ccncc1. The van der Waals surface area contributed by atoms with Crippen LogP contribution in [0.25, 0.3) is 0 Å². The Kier molecular flexibility index (Phi) is 5.64. The highest BCUT2D eigenvalue weighted by Gasteiger charge is 1.98. The number of hydrogen-bond acceptors (Lipinski definition) is 3. The molecule has 1 heterocycles. The molecule has 0 aromatic carbocycles. The van der Waals surface area contributed by atoms with Crippen molar-refractivity contribution in [2.45, 2.75) is 37.1 Å². The molecule has 0 aliphatic rings. The third-order valence-electron chi connectivity index (χ3n) is 2.16. The summed E-state index contributed by atoms with van der Waals surface area (Å²) in [5, 5.41) is 0. The lowest BCUT2D eigenvalue weighted by atomic mass is 10.1. The van der Waals surface area contributed by atoms with Gasteiger partial charge in [0.15, 0.2) is 0 Å². The summed E-state index contributed by atoms with van der Waals surface area (Å²) in [5.74, 6) is 1.15. The van der Waals surface area contributed by atoms with Gasteiger partial charge in [0.05, 0.1) is 0 Å². The molecule has 0 bridgehead atoms. The van der Waals surface area contributed by atoms with Crippen LogP contribution in [0, 0.1) is 0 Å². The van der Waals surface area contributed by atoms with E-state index < -0.39 is 0 Å². The van der Waals surface area contributed by atoms with Gasteiger partial charge in [-0.2, -0.15) is 0 Å². The highest BCUT2D eigenvalue weighted by atomic mass is 32.2. The Hall–Kier alpha value is -0.540. The zero-order valence-corrected chi connectivity index (χ0v) is 9.46. The minimum absolute atomic E-state index is 0.382. The Balaban J connectivity index is 2.10. The quantitative estimate of drug-likeness (QED) is 0.579. The van der Waals surface area contributed by atoms with Crippen LogP contribution in [0.1, 0.15) is 26.2 Å². The van der Waals surface area contributed by atoms with E-state index in [1.807, 2.05) is 36.3 Å². The smallest absolute Gasteiger partial charge is 0.0278 e. The zero-order valence-electron chi connectivity index (χ0n) is 8.65.